The zero-order valence-electron chi connectivity index (χ0n) is 26.0. The third kappa shape index (κ3) is 6.01. The van der Waals surface area contributed by atoms with Crippen molar-refractivity contribution in [1.82, 2.24) is 0 Å². The summed E-state index contributed by atoms with van der Waals surface area (Å²) < 4.78 is 6.52. The monoisotopic (exact) mass is 605 g/mol. The molecule has 4 heteroatoms. The van der Waals surface area contributed by atoms with Crippen LogP contribution in [0.5, 0.6) is 0 Å². The molecule has 6 aromatic carbocycles. The lowest BCUT2D eigenvalue weighted by atomic mass is 9.85. The molecule has 1 atom stereocenters. The van der Waals surface area contributed by atoms with Gasteiger partial charge in [-0.1, -0.05) is 109 Å². The van der Waals surface area contributed by atoms with E-state index in [4.69, 9.17) is 11.3 Å². The topological polar surface area (TPSA) is 40.6 Å². The molecule has 0 radical (unpaired) electrons. The highest BCUT2D eigenvalue weighted by molar-refractivity contribution is 5.92. The lowest BCUT2D eigenvalue weighted by Crippen LogP contribution is -2.29. The number of allylic oxidation sites excluding steroid dienone is 3. The Kier molecular flexibility index (Phi) is 7.85. The Morgan fingerprint density at radius 1 is 0.723 bits per heavy atom. The molecule has 0 N–H and O–H groups in total. The summed E-state index contributed by atoms with van der Waals surface area (Å²) in [7, 11) is 0. The maximum absolute atomic E-state index is 9.64. The number of nitrogens with zero attached hydrogens (tertiary/aromatic N) is 3. The van der Waals surface area contributed by atoms with Gasteiger partial charge in [-0.25, -0.2) is 10.1 Å². The minimum Gasteiger partial charge on any atom is -0.483 e. The second kappa shape index (κ2) is 12.6. The summed E-state index contributed by atoms with van der Waals surface area (Å²) in [4.78, 5) is 5.78. The first-order valence-corrected chi connectivity index (χ1v) is 15.6. The summed E-state index contributed by atoms with van der Waals surface area (Å²) in [6, 6.07) is 50.5. The zero-order valence-corrected chi connectivity index (χ0v) is 26.0. The first-order chi connectivity index (χ1) is 23.0. The summed E-state index contributed by atoms with van der Waals surface area (Å²) in [6.45, 7) is 9.55. The van der Waals surface area contributed by atoms with Crippen LogP contribution >= 0.6 is 0 Å². The van der Waals surface area contributed by atoms with Crippen LogP contribution in [0.1, 0.15) is 24.5 Å². The fraction of sp³-hybridized carbons (Fsp3) is 0.0698. The molecule has 0 spiro atoms. The van der Waals surface area contributed by atoms with E-state index < -0.39 is 5.60 Å². The Morgan fingerprint density at radius 2 is 1.28 bits per heavy atom. The van der Waals surface area contributed by atoms with E-state index in [0.717, 1.165) is 28.2 Å². The van der Waals surface area contributed by atoms with E-state index >= 15 is 0 Å². The van der Waals surface area contributed by atoms with E-state index in [0.29, 0.717) is 17.8 Å². The van der Waals surface area contributed by atoms with E-state index in [1.807, 2.05) is 55.5 Å². The van der Waals surface area contributed by atoms with Gasteiger partial charge in [-0.15, -0.1) is 0 Å². The van der Waals surface area contributed by atoms with E-state index in [1.165, 1.54) is 21.5 Å². The Morgan fingerprint density at radius 3 is 1.85 bits per heavy atom. The molecule has 0 saturated carbocycles. The van der Waals surface area contributed by atoms with E-state index in [-0.39, 0.29) is 5.70 Å². The van der Waals surface area contributed by atoms with Crippen LogP contribution in [0.25, 0.3) is 32.5 Å². The second-order valence-corrected chi connectivity index (χ2v) is 11.8. The van der Waals surface area contributed by atoms with Crippen molar-refractivity contribution >= 4 is 44.7 Å². The summed E-state index contributed by atoms with van der Waals surface area (Å²) in [6.07, 6.45) is 6.17. The van der Waals surface area contributed by atoms with Gasteiger partial charge in [-0.05, 0) is 93.7 Å². The van der Waals surface area contributed by atoms with Gasteiger partial charge < -0.3 is 9.64 Å². The van der Waals surface area contributed by atoms with Crippen LogP contribution in [0.15, 0.2) is 169 Å². The molecule has 1 aliphatic heterocycles. The number of hydrogen-bond acceptors (Lipinski definition) is 3. The average molecular weight is 606 g/mol. The normalized spacial score (nSPS) is 17.0. The van der Waals surface area contributed by atoms with E-state index in [2.05, 4.69) is 125 Å². The van der Waals surface area contributed by atoms with Crippen LogP contribution in [0.4, 0.5) is 17.1 Å². The zero-order chi connectivity index (χ0) is 32.2. The van der Waals surface area contributed by atoms with Crippen molar-refractivity contribution in [3.63, 3.8) is 0 Å². The number of anilines is 3. The molecule has 0 amide bonds. The van der Waals surface area contributed by atoms with Gasteiger partial charge >= 0.3 is 0 Å². The van der Waals surface area contributed by atoms with Crippen LogP contribution in [-0.4, -0.2) is 0 Å². The van der Waals surface area contributed by atoms with Gasteiger partial charge in [0.2, 0.25) is 0 Å². The summed E-state index contributed by atoms with van der Waals surface area (Å²) >= 11 is 0. The molecule has 4 nitrogen and oxygen atoms in total. The van der Waals surface area contributed by atoms with Gasteiger partial charge in [0.1, 0.15) is 11.4 Å². The molecule has 7 rings (SSSR count). The van der Waals surface area contributed by atoms with Crippen LogP contribution in [-0.2, 0) is 10.3 Å². The number of hydrogen-bond donors (Lipinski definition) is 0. The molecule has 0 bridgehead atoms. The number of fused-ring (bicyclic) bond motifs is 2. The van der Waals surface area contributed by atoms with Crippen LogP contribution in [0.3, 0.4) is 0 Å². The Hall–Kier alpha value is -6.36. The third-order valence-corrected chi connectivity index (χ3v) is 8.67. The highest BCUT2D eigenvalue weighted by Crippen LogP contribution is 2.41. The Balaban J connectivity index is 1.24. The van der Waals surface area contributed by atoms with Gasteiger partial charge in [-0.3, -0.25) is 0 Å². The largest absolute Gasteiger partial charge is 0.483 e. The number of ether oxygens (including phenoxy) is 1. The number of rotatable bonds is 6. The molecule has 47 heavy (non-hydrogen) atoms. The lowest BCUT2D eigenvalue weighted by molar-refractivity contribution is 0.0143. The number of benzene rings is 6. The summed E-state index contributed by atoms with van der Waals surface area (Å²) in [5.74, 6) is 0.604. The van der Waals surface area contributed by atoms with Crippen molar-refractivity contribution in [1.29, 1.82) is 5.26 Å². The molecule has 1 unspecified atom stereocenters. The molecule has 224 valence electrons. The van der Waals surface area contributed by atoms with Crippen molar-refractivity contribution in [2.75, 3.05) is 4.90 Å². The summed E-state index contributed by atoms with van der Waals surface area (Å²) in [5.41, 5.74) is 5.25. The molecular formula is C43H31N3O. The minimum atomic E-state index is -0.706. The van der Waals surface area contributed by atoms with Crippen LogP contribution in [0.2, 0.25) is 0 Å². The quantitative estimate of drug-likeness (QED) is 0.140. The molecule has 6 aromatic rings. The standard InChI is InChI=1S/C43H31N3O/c1-43(37-14-4-3-5-15-37)29-36(42(30-44)45-2)28-41(47-43)25-18-31-16-21-38(22-17-31)46(39-23-19-32-10-6-8-12-34(32)26-39)40-24-20-33-11-7-9-13-35(33)27-40/h3-28H,29H2,1H3/b25-18+,42-36+. The molecule has 0 aliphatic carbocycles. The van der Waals surface area contributed by atoms with Gasteiger partial charge in [0, 0.05) is 23.5 Å². The number of nitriles is 1. The fourth-order valence-corrected chi connectivity index (χ4v) is 6.26. The highest BCUT2D eigenvalue weighted by Gasteiger charge is 2.34. The fourth-order valence-electron chi connectivity index (χ4n) is 6.26. The molecule has 0 saturated heterocycles. The average Bonchev–Trinajstić information content (AvgIpc) is 3.12. The van der Waals surface area contributed by atoms with Gasteiger partial charge in [0.25, 0.3) is 5.70 Å². The van der Waals surface area contributed by atoms with Crippen LogP contribution in [0, 0.1) is 17.9 Å². The predicted octanol–water partition coefficient (Wildman–Crippen LogP) is 11.4. The minimum absolute atomic E-state index is 0.0909. The predicted molar refractivity (Wildman–Crippen MR) is 192 cm³/mol. The maximum atomic E-state index is 9.64. The molecule has 0 aromatic heterocycles. The Labute approximate surface area is 275 Å². The maximum Gasteiger partial charge on any atom is 0.265 e. The van der Waals surface area contributed by atoms with E-state index in [1.54, 1.807) is 0 Å². The molecule has 1 heterocycles. The molecular weight excluding hydrogens is 574 g/mol. The summed E-state index contributed by atoms with van der Waals surface area (Å²) in [5, 5.41) is 14.4. The van der Waals surface area contributed by atoms with Gasteiger partial charge in [0.15, 0.2) is 0 Å². The lowest BCUT2D eigenvalue weighted by Gasteiger charge is -2.36. The van der Waals surface area contributed by atoms with Crippen molar-refractivity contribution in [3.05, 3.63) is 191 Å². The molecule has 0 fully saturated rings. The smallest absolute Gasteiger partial charge is 0.265 e. The SMILES string of the molecule is [C-]#[N+]/C(C#N)=C1C=C(/C=C/c2ccc(N(c3ccc4ccccc4c3)c3ccc4ccccc4c3)cc2)OC(C)(c2ccccc2)C\1. The first-order valence-electron chi connectivity index (χ1n) is 15.6. The van der Waals surface area contributed by atoms with E-state index in [9.17, 15) is 5.26 Å². The van der Waals surface area contributed by atoms with Gasteiger partial charge in [-0.2, -0.15) is 0 Å². The van der Waals surface area contributed by atoms with Crippen molar-refractivity contribution in [3.8, 4) is 6.07 Å². The highest BCUT2D eigenvalue weighted by atomic mass is 16.5. The van der Waals surface area contributed by atoms with Crippen molar-refractivity contribution < 1.29 is 4.74 Å². The molecule has 1 aliphatic rings. The first kappa shape index (κ1) is 29.4. The van der Waals surface area contributed by atoms with Crippen molar-refractivity contribution in [2.24, 2.45) is 0 Å². The van der Waals surface area contributed by atoms with Crippen LogP contribution < -0.4 is 4.90 Å². The third-order valence-electron chi connectivity index (χ3n) is 8.67. The second-order valence-electron chi connectivity index (χ2n) is 11.8. The van der Waals surface area contributed by atoms with Crippen molar-refractivity contribution in [2.45, 2.75) is 18.9 Å². The Bertz CT molecular complexity index is 2190. The van der Waals surface area contributed by atoms with Gasteiger partial charge in [0.05, 0.1) is 12.6 Å².